The zero-order valence-corrected chi connectivity index (χ0v) is 13.2. The molecule has 1 amide bonds. The molecule has 0 radical (unpaired) electrons. The molecule has 0 unspecified atom stereocenters. The van der Waals surface area contributed by atoms with E-state index in [1.807, 2.05) is 0 Å². The number of halogens is 1. The van der Waals surface area contributed by atoms with E-state index >= 15 is 0 Å². The molecule has 0 spiro atoms. The molecule has 1 aliphatic rings. The van der Waals surface area contributed by atoms with E-state index < -0.39 is 10.0 Å². The van der Waals surface area contributed by atoms with Gasteiger partial charge in [0.1, 0.15) is 5.88 Å². The molecule has 0 heterocycles. The van der Waals surface area contributed by atoms with Crippen LogP contribution in [0.2, 0.25) is 0 Å². The summed E-state index contributed by atoms with van der Waals surface area (Å²) in [7, 11) is -3.50. The van der Waals surface area contributed by atoms with Crippen molar-refractivity contribution in [3.8, 4) is 0 Å². The van der Waals surface area contributed by atoms with E-state index in [1.54, 1.807) is 12.1 Å². The summed E-state index contributed by atoms with van der Waals surface area (Å²) in [6, 6.07) is 6.10. The quantitative estimate of drug-likeness (QED) is 0.814. The fraction of sp³-hybridized carbons (Fsp3) is 0.500. The molecule has 1 aromatic carbocycles. The Labute approximate surface area is 130 Å². The Morgan fingerprint density at radius 3 is 2.33 bits per heavy atom. The second kappa shape index (κ2) is 7.24. The first-order valence-electron chi connectivity index (χ1n) is 6.99. The van der Waals surface area contributed by atoms with Crippen LogP contribution in [0.1, 0.15) is 32.1 Å². The van der Waals surface area contributed by atoms with Crippen LogP contribution < -0.4 is 10.0 Å². The van der Waals surface area contributed by atoms with Crippen molar-refractivity contribution in [1.82, 2.24) is 4.72 Å². The normalized spacial score (nSPS) is 16.6. The molecule has 116 valence electrons. The fourth-order valence-electron chi connectivity index (χ4n) is 2.42. The lowest BCUT2D eigenvalue weighted by Crippen LogP contribution is -2.36. The molecule has 0 saturated heterocycles. The Bertz CT molecular complexity index is 581. The highest BCUT2D eigenvalue weighted by Crippen LogP contribution is 2.20. The first-order chi connectivity index (χ1) is 10.0. The molecular formula is C14H19ClN2O3S. The van der Waals surface area contributed by atoms with Gasteiger partial charge in [0.15, 0.2) is 0 Å². The predicted octanol–water partition coefficient (Wildman–Crippen LogP) is 2.47. The van der Waals surface area contributed by atoms with Crippen LogP contribution >= 0.6 is 11.6 Å². The van der Waals surface area contributed by atoms with Crippen molar-refractivity contribution in [2.75, 3.05) is 11.2 Å². The number of sulfonamides is 1. The van der Waals surface area contributed by atoms with Crippen molar-refractivity contribution in [1.29, 1.82) is 0 Å². The summed E-state index contributed by atoms with van der Waals surface area (Å²) in [5.74, 6) is -0.462. The molecule has 2 rings (SSSR count). The topological polar surface area (TPSA) is 75.3 Å². The lowest BCUT2D eigenvalue weighted by Gasteiger charge is -2.22. The first kappa shape index (κ1) is 16.3. The summed E-state index contributed by atoms with van der Waals surface area (Å²) in [5, 5.41) is 2.57. The number of nitrogens with one attached hydrogen (secondary N) is 2. The number of alkyl halides is 1. The summed E-state index contributed by atoms with van der Waals surface area (Å²) in [5.41, 5.74) is 0.525. The van der Waals surface area contributed by atoms with Gasteiger partial charge in [0.2, 0.25) is 15.9 Å². The number of carbonyl (C=O) groups is 1. The van der Waals surface area contributed by atoms with Gasteiger partial charge in [-0.15, -0.1) is 11.6 Å². The summed E-state index contributed by atoms with van der Waals surface area (Å²) < 4.78 is 27.3. The van der Waals surface area contributed by atoms with E-state index in [0.29, 0.717) is 5.69 Å². The van der Waals surface area contributed by atoms with Gasteiger partial charge in [0, 0.05) is 11.7 Å². The summed E-state index contributed by atoms with van der Waals surface area (Å²) in [4.78, 5) is 11.4. The van der Waals surface area contributed by atoms with Gasteiger partial charge in [-0.05, 0) is 37.1 Å². The maximum absolute atomic E-state index is 12.3. The van der Waals surface area contributed by atoms with Gasteiger partial charge in [-0.3, -0.25) is 4.79 Å². The van der Waals surface area contributed by atoms with Crippen LogP contribution in [0, 0.1) is 0 Å². The van der Waals surface area contributed by atoms with Crippen molar-refractivity contribution in [3.63, 3.8) is 0 Å². The van der Waals surface area contributed by atoms with E-state index in [1.165, 1.54) is 18.6 Å². The second-order valence-electron chi connectivity index (χ2n) is 5.16. The molecule has 21 heavy (non-hydrogen) atoms. The number of carbonyl (C=O) groups excluding carboxylic acids is 1. The Morgan fingerprint density at radius 1 is 1.14 bits per heavy atom. The third-order valence-electron chi connectivity index (χ3n) is 3.50. The third kappa shape index (κ3) is 4.69. The summed E-state index contributed by atoms with van der Waals surface area (Å²) in [6.45, 7) is 0. The van der Waals surface area contributed by atoms with E-state index in [4.69, 9.17) is 11.6 Å². The zero-order chi connectivity index (χ0) is 15.3. The molecular weight excluding hydrogens is 312 g/mol. The Balaban J connectivity index is 2.04. The van der Waals surface area contributed by atoms with Crippen LogP contribution in [0.3, 0.4) is 0 Å². The van der Waals surface area contributed by atoms with Gasteiger partial charge < -0.3 is 5.32 Å². The zero-order valence-electron chi connectivity index (χ0n) is 11.6. The van der Waals surface area contributed by atoms with E-state index in [0.717, 1.165) is 25.7 Å². The third-order valence-corrected chi connectivity index (χ3v) is 5.28. The number of hydrogen-bond donors (Lipinski definition) is 2. The molecule has 1 fully saturated rings. The average Bonchev–Trinajstić information content (AvgIpc) is 2.48. The monoisotopic (exact) mass is 330 g/mol. The SMILES string of the molecule is O=C(CCl)Nc1ccc(S(=O)(=O)NC2CCCCC2)cc1. The van der Waals surface area contributed by atoms with Crippen molar-refractivity contribution in [3.05, 3.63) is 24.3 Å². The van der Waals surface area contributed by atoms with E-state index in [9.17, 15) is 13.2 Å². The Kier molecular flexibility index (Phi) is 5.61. The number of anilines is 1. The molecule has 0 bridgehead atoms. The van der Waals surface area contributed by atoms with Crippen molar-refractivity contribution < 1.29 is 13.2 Å². The number of amides is 1. The molecule has 1 saturated carbocycles. The number of hydrogen-bond acceptors (Lipinski definition) is 3. The molecule has 1 aromatic rings. The van der Waals surface area contributed by atoms with Crippen molar-refractivity contribution in [2.45, 2.75) is 43.0 Å². The van der Waals surface area contributed by atoms with E-state index in [2.05, 4.69) is 10.0 Å². The van der Waals surface area contributed by atoms with Gasteiger partial charge in [-0.1, -0.05) is 19.3 Å². The number of rotatable bonds is 5. The highest BCUT2D eigenvalue weighted by molar-refractivity contribution is 7.89. The first-order valence-corrected chi connectivity index (χ1v) is 9.01. The standard InChI is InChI=1S/C14H19ClN2O3S/c15-10-14(18)16-11-6-8-13(9-7-11)21(19,20)17-12-4-2-1-3-5-12/h6-9,12,17H,1-5,10H2,(H,16,18). The van der Waals surface area contributed by atoms with Crippen LogP contribution in [0.25, 0.3) is 0 Å². The van der Waals surface area contributed by atoms with Gasteiger partial charge in [-0.25, -0.2) is 13.1 Å². The van der Waals surface area contributed by atoms with Gasteiger partial charge in [0.05, 0.1) is 4.90 Å². The maximum Gasteiger partial charge on any atom is 0.240 e. The maximum atomic E-state index is 12.3. The minimum atomic E-state index is -3.50. The largest absolute Gasteiger partial charge is 0.325 e. The molecule has 2 N–H and O–H groups in total. The lowest BCUT2D eigenvalue weighted by molar-refractivity contribution is -0.113. The predicted molar refractivity (Wildman–Crippen MR) is 83.0 cm³/mol. The molecule has 0 aromatic heterocycles. The molecule has 0 atom stereocenters. The van der Waals surface area contributed by atoms with Crippen LogP contribution in [0.4, 0.5) is 5.69 Å². The van der Waals surface area contributed by atoms with Crippen molar-refractivity contribution in [2.24, 2.45) is 0 Å². The Hall–Kier alpha value is -1.11. The van der Waals surface area contributed by atoms with Crippen molar-refractivity contribution >= 4 is 33.2 Å². The minimum Gasteiger partial charge on any atom is -0.325 e. The van der Waals surface area contributed by atoms with Gasteiger partial charge in [0.25, 0.3) is 0 Å². The minimum absolute atomic E-state index is 0.0272. The van der Waals surface area contributed by atoms with E-state index in [-0.39, 0.29) is 22.7 Å². The molecule has 5 nitrogen and oxygen atoms in total. The lowest BCUT2D eigenvalue weighted by atomic mass is 9.96. The average molecular weight is 331 g/mol. The van der Waals surface area contributed by atoms with Crippen LogP contribution in [-0.4, -0.2) is 26.2 Å². The highest BCUT2D eigenvalue weighted by Gasteiger charge is 2.21. The smallest absolute Gasteiger partial charge is 0.240 e. The van der Waals surface area contributed by atoms with Crippen LogP contribution in [0.15, 0.2) is 29.2 Å². The summed E-state index contributed by atoms with van der Waals surface area (Å²) in [6.07, 6.45) is 5.09. The Morgan fingerprint density at radius 2 is 1.76 bits per heavy atom. The molecule has 1 aliphatic carbocycles. The highest BCUT2D eigenvalue weighted by atomic mass is 35.5. The molecule has 7 heteroatoms. The summed E-state index contributed by atoms with van der Waals surface area (Å²) >= 11 is 5.40. The van der Waals surface area contributed by atoms with Gasteiger partial charge in [-0.2, -0.15) is 0 Å². The van der Waals surface area contributed by atoms with Gasteiger partial charge >= 0.3 is 0 Å². The number of benzene rings is 1. The molecule has 0 aliphatic heterocycles. The second-order valence-corrected chi connectivity index (χ2v) is 7.14. The van der Waals surface area contributed by atoms with Crippen LogP contribution in [-0.2, 0) is 14.8 Å². The fourth-order valence-corrected chi connectivity index (χ4v) is 3.79. The van der Waals surface area contributed by atoms with Crippen LogP contribution in [0.5, 0.6) is 0 Å².